The van der Waals surface area contributed by atoms with E-state index in [9.17, 15) is 22.8 Å². The first-order chi connectivity index (χ1) is 11.1. The third-order valence-electron chi connectivity index (χ3n) is 5.83. The molecule has 0 aliphatic heterocycles. The van der Waals surface area contributed by atoms with Crippen molar-refractivity contribution >= 4 is 12.0 Å². The Hall–Kier alpha value is -1.51. The van der Waals surface area contributed by atoms with E-state index in [-0.39, 0.29) is 24.8 Å². The topological polar surface area (TPSA) is 87.7 Å². The number of carbonyl (C=O) groups is 2. The summed E-state index contributed by atoms with van der Waals surface area (Å²) in [4.78, 5) is 23.5. The fraction of sp³-hybridized carbons (Fsp3) is 0.867. The van der Waals surface area contributed by atoms with Gasteiger partial charge in [0.05, 0.1) is 6.10 Å². The van der Waals surface area contributed by atoms with Gasteiger partial charge in [-0.1, -0.05) is 0 Å². The van der Waals surface area contributed by atoms with Gasteiger partial charge in [-0.3, -0.25) is 9.53 Å². The zero-order chi connectivity index (χ0) is 17.6. The predicted molar refractivity (Wildman–Crippen MR) is 76.1 cm³/mol. The Morgan fingerprint density at radius 1 is 1.04 bits per heavy atom. The molecule has 136 valence electrons. The molecule has 4 rings (SSSR count). The average molecular weight is 350 g/mol. The molecular formula is C15H21F3N2O4. The van der Waals surface area contributed by atoms with Crippen LogP contribution in [0.15, 0.2) is 0 Å². The number of nitrogens with one attached hydrogen (secondary N) is 2. The van der Waals surface area contributed by atoms with Gasteiger partial charge < -0.3 is 15.7 Å². The predicted octanol–water partition coefficient (Wildman–Crippen LogP) is 2.53. The second-order valence-electron chi connectivity index (χ2n) is 7.32. The van der Waals surface area contributed by atoms with Crippen LogP contribution in [0.5, 0.6) is 0 Å². The molecule has 2 bridgehead atoms. The smallest absolute Gasteiger partial charge is 0.465 e. The summed E-state index contributed by atoms with van der Waals surface area (Å²) in [6.45, 7) is 0. The molecular weight excluding hydrogens is 329 g/mol. The summed E-state index contributed by atoms with van der Waals surface area (Å²) >= 11 is 0. The highest BCUT2D eigenvalue weighted by Crippen LogP contribution is 2.52. The van der Waals surface area contributed by atoms with Gasteiger partial charge in [-0.15, -0.1) is 13.2 Å². The summed E-state index contributed by atoms with van der Waals surface area (Å²) in [6, 6.07) is -0.273. The van der Waals surface area contributed by atoms with E-state index in [0.717, 1.165) is 0 Å². The monoisotopic (exact) mass is 350 g/mol. The minimum atomic E-state index is -4.63. The molecule has 0 aromatic heterocycles. The Balaban J connectivity index is 1.49. The van der Waals surface area contributed by atoms with Gasteiger partial charge in [0, 0.05) is 17.0 Å². The fourth-order valence-electron chi connectivity index (χ4n) is 4.25. The van der Waals surface area contributed by atoms with Crippen LogP contribution in [-0.2, 0) is 9.53 Å². The lowest BCUT2D eigenvalue weighted by atomic mass is 9.56. The highest BCUT2D eigenvalue weighted by molar-refractivity contribution is 5.83. The molecule has 2 amide bonds. The third kappa shape index (κ3) is 3.45. The zero-order valence-corrected chi connectivity index (χ0v) is 13.1. The zero-order valence-electron chi connectivity index (χ0n) is 13.1. The van der Waals surface area contributed by atoms with Crippen LogP contribution in [0.2, 0.25) is 0 Å². The van der Waals surface area contributed by atoms with Crippen molar-refractivity contribution < 1.29 is 32.6 Å². The number of rotatable bonds is 4. The van der Waals surface area contributed by atoms with Gasteiger partial charge in [-0.05, 0) is 51.4 Å². The van der Waals surface area contributed by atoms with Crippen molar-refractivity contribution in [3.05, 3.63) is 0 Å². The minimum Gasteiger partial charge on any atom is -0.465 e. The molecule has 4 saturated carbocycles. The highest BCUT2D eigenvalue weighted by atomic mass is 19.4. The van der Waals surface area contributed by atoms with Crippen molar-refractivity contribution in [2.24, 2.45) is 5.41 Å². The van der Waals surface area contributed by atoms with Crippen LogP contribution in [0.25, 0.3) is 0 Å². The number of amides is 2. The molecule has 24 heavy (non-hydrogen) atoms. The van der Waals surface area contributed by atoms with Crippen molar-refractivity contribution in [1.82, 2.24) is 10.6 Å². The van der Waals surface area contributed by atoms with Crippen LogP contribution in [0, 0.1) is 5.41 Å². The van der Waals surface area contributed by atoms with Crippen molar-refractivity contribution in [2.75, 3.05) is 0 Å². The minimum absolute atomic E-state index is 0.110. The van der Waals surface area contributed by atoms with Crippen LogP contribution in [0.4, 0.5) is 18.0 Å². The molecule has 0 saturated heterocycles. The number of carbonyl (C=O) groups excluding carboxylic acids is 1. The first-order valence-electron chi connectivity index (χ1n) is 8.18. The molecule has 0 spiro atoms. The van der Waals surface area contributed by atoms with E-state index in [0.29, 0.717) is 38.5 Å². The van der Waals surface area contributed by atoms with Crippen LogP contribution in [0.3, 0.4) is 0 Å². The molecule has 4 aliphatic rings. The summed E-state index contributed by atoms with van der Waals surface area (Å²) < 4.78 is 40.2. The Morgan fingerprint density at radius 2 is 1.58 bits per heavy atom. The molecule has 4 aliphatic carbocycles. The normalized spacial score (nSPS) is 38.3. The van der Waals surface area contributed by atoms with Crippen molar-refractivity contribution in [3.8, 4) is 0 Å². The lowest BCUT2D eigenvalue weighted by Gasteiger charge is -2.52. The van der Waals surface area contributed by atoms with Crippen LogP contribution < -0.4 is 10.6 Å². The number of ether oxygens (including phenoxy) is 1. The molecule has 0 heterocycles. The SMILES string of the molecule is O=C(O)NC12CCC(C(=O)N[C@H]3C[C@@H](OC(F)(F)F)C3)(CC1)CC2. The average Bonchev–Trinajstić information content (AvgIpc) is 2.44. The first-order valence-corrected chi connectivity index (χ1v) is 8.18. The van der Waals surface area contributed by atoms with E-state index in [1.54, 1.807) is 0 Å². The quantitative estimate of drug-likeness (QED) is 0.727. The Labute approximate surface area is 137 Å². The maximum atomic E-state index is 12.6. The highest BCUT2D eigenvalue weighted by Gasteiger charge is 2.53. The lowest BCUT2D eigenvalue weighted by molar-refractivity contribution is -0.351. The number of hydrogen-bond acceptors (Lipinski definition) is 3. The first kappa shape index (κ1) is 17.3. The standard InChI is InChI=1S/C15H21F3N2O4/c16-15(17,18)24-10-7-9(8-10)19-11(21)13-1-4-14(5-2-13,6-3-13)20-12(22)23/h9-10,20H,1-8H2,(H,19,21)(H,22,23)/t9-,10+,13?,14?. The molecule has 9 heteroatoms. The molecule has 6 nitrogen and oxygen atoms in total. The largest absolute Gasteiger partial charge is 0.522 e. The van der Waals surface area contributed by atoms with Gasteiger partial charge in [0.2, 0.25) is 5.91 Å². The van der Waals surface area contributed by atoms with Crippen molar-refractivity contribution in [2.45, 2.75) is 75.4 Å². The second-order valence-corrected chi connectivity index (χ2v) is 7.32. The van der Waals surface area contributed by atoms with Crippen LogP contribution in [0.1, 0.15) is 51.4 Å². The third-order valence-corrected chi connectivity index (χ3v) is 5.83. The van der Waals surface area contributed by atoms with E-state index < -0.39 is 29.5 Å². The number of carboxylic acid groups (broad SMARTS) is 1. The maximum Gasteiger partial charge on any atom is 0.522 e. The van der Waals surface area contributed by atoms with E-state index in [1.807, 2.05) is 0 Å². The fourth-order valence-corrected chi connectivity index (χ4v) is 4.25. The summed E-state index contributed by atoms with van der Waals surface area (Å²) in [5, 5.41) is 14.4. The molecule has 3 N–H and O–H groups in total. The molecule has 0 atom stereocenters. The molecule has 0 aromatic rings. The van der Waals surface area contributed by atoms with Gasteiger partial charge in [-0.25, -0.2) is 4.79 Å². The summed E-state index contributed by atoms with van der Waals surface area (Å²) in [5.41, 5.74) is -0.923. The van der Waals surface area contributed by atoms with Gasteiger partial charge in [0.25, 0.3) is 0 Å². The molecule has 0 unspecified atom stereocenters. The van der Waals surface area contributed by atoms with Crippen molar-refractivity contribution in [3.63, 3.8) is 0 Å². The second kappa shape index (κ2) is 5.79. The van der Waals surface area contributed by atoms with E-state index in [2.05, 4.69) is 15.4 Å². The van der Waals surface area contributed by atoms with Crippen LogP contribution >= 0.6 is 0 Å². The summed E-state index contributed by atoms with van der Waals surface area (Å²) in [5.74, 6) is -0.110. The number of fused-ring (bicyclic) bond motifs is 3. The summed E-state index contributed by atoms with van der Waals surface area (Å²) in [6.07, 6.45) is -2.52. The Kier molecular flexibility index (Phi) is 4.17. The summed E-state index contributed by atoms with van der Waals surface area (Å²) in [7, 11) is 0. The van der Waals surface area contributed by atoms with Gasteiger partial charge in [0.1, 0.15) is 0 Å². The molecule has 0 radical (unpaired) electrons. The molecule has 0 aromatic carbocycles. The van der Waals surface area contributed by atoms with Gasteiger partial charge >= 0.3 is 12.5 Å². The Bertz CT molecular complexity index is 507. The van der Waals surface area contributed by atoms with Gasteiger partial charge in [-0.2, -0.15) is 0 Å². The van der Waals surface area contributed by atoms with E-state index in [1.165, 1.54) is 0 Å². The number of halogens is 3. The van der Waals surface area contributed by atoms with Gasteiger partial charge in [0.15, 0.2) is 0 Å². The molecule has 4 fully saturated rings. The number of hydrogen-bond donors (Lipinski definition) is 3. The lowest BCUT2D eigenvalue weighted by Crippen LogP contribution is -2.61. The maximum absolute atomic E-state index is 12.6. The number of alkyl halides is 3. The Morgan fingerprint density at radius 3 is 2.04 bits per heavy atom. The van der Waals surface area contributed by atoms with E-state index >= 15 is 0 Å². The van der Waals surface area contributed by atoms with E-state index in [4.69, 9.17) is 5.11 Å². The van der Waals surface area contributed by atoms with Crippen LogP contribution in [-0.4, -0.2) is 41.2 Å². The van der Waals surface area contributed by atoms with Crippen molar-refractivity contribution in [1.29, 1.82) is 0 Å².